The molecule has 0 spiro atoms. The van der Waals surface area contributed by atoms with E-state index in [0.29, 0.717) is 12.1 Å². The van der Waals surface area contributed by atoms with Crippen LogP contribution < -0.4 is 9.47 Å². The number of ether oxygens (including phenoxy) is 2. The molecular weight excluding hydrogens is 371 g/mol. The lowest BCUT2D eigenvalue weighted by molar-refractivity contribution is -0.125. The highest BCUT2D eigenvalue weighted by Gasteiger charge is 2.17. The van der Waals surface area contributed by atoms with Crippen LogP contribution in [0.2, 0.25) is 0 Å². The number of nitrogens with zero attached hydrogens (tertiary/aromatic N) is 2. The smallest absolute Gasteiger partial charge is 0.246 e. The van der Waals surface area contributed by atoms with Crippen molar-refractivity contribution in [1.29, 1.82) is 0 Å². The highest BCUT2D eigenvalue weighted by atomic mass is 19.1. The summed E-state index contributed by atoms with van der Waals surface area (Å²) in [5.41, 5.74) is 1.86. The van der Waals surface area contributed by atoms with Crippen LogP contribution >= 0.6 is 0 Å². The summed E-state index contributed by atoms with van der Waals surface area (Å²) in [6, 6.07) is 12.7. The quantitative estimate of drug-likeness (QED) is 0.698. The van der Waals surface area contributed by atoms with Gasteiger partial charge in [0.05, 0.1) is 14.2 Å². The maximum Gasteiger partial charge on any atom is 0.246 e. The molecule has 1 aliphatic rings. The monoisotopic (exact) mass is 398 g/mol. The van der Waals surface area contributed by atoms with Gasteiger partial charge in [-0.15, -0.1) is 0 Å². The van der Waals surface area contributed by atoms with E-state index in [-0.39, 0.29) is 11.7 Å². The Bertz CT molecular complexity index is 852. The molecular formula is C23H27FN2O3. The van der Waals surface area contributed by atoms with Crippen LogP contribution in [-0.2, 0) is 11.3 Å². The Labute approximate surface area is 171 Å². The molecule has 1 saturated heterocycles. The third-order valence-electron chi connectivity index (χ3n) is 5.06. The minimum atomic E-state index is -0.439. The van der Waals surface area contributed by atoms with E-state index >= 15 is 0 Å². The fraction of sp³-hybridized carbons (Fsp3) is 0.348. The van der Waals surface area contributed by atoms with Gasteiger partial charge in [0.25, 0.3) is 0 Å². The number of hydrogen-bond donors (Lipinski definition) is 0. The van der Waals surface area contributed by atoms with E-state index in [4.69, 9.17) is 9.47 Å². The standard InChI is InChI=1S/C23H27FN2O3/c1-28-20-8-4-19(5-9-20)17-25-12-3-13-26(15-14-25)23(27)11-7-18-6-10-22(29-2)21(24)16-18/h4-11,16H,3,12-15,17H2,1-2H3/b11-7+. The van der Waals surface area contributed by atoms with Crippen molar-refractivity contribution in [3.8, 4) is 11.5 Å². The molecule has 0 bridgehead atoms. The first kappa shape index (κ1) is 20.9. The van der Waals surface area contributed by atoms with Gasteiger partial charge in [-0.1, -0.05) is 18.2 Å². The van der Waals surface area contributed by atoms with Crippen LogP contribution in [0.1, 0.15) is 17.5 Å². The summed E-state index contributed by atoms with van der Waals surface area (Å²) in [5, 5.41) is 0. The minimum absolute atomic E-state index is 0.0486. The number of rotatable bonds is 6. The van der Waals surface area contributed by atoms with Crippen molar-refractivity contribution in [3.63, 3.8) is 0 Å². The highest BCUT2D eigenvalue weighted by Crippen LogP contribution is 2.19. The van der Waals surface area contributed by atoms with Gasteiger partial charge in [0.15, 0.2) is 11.6 Å². The molecule has 2 aromatic carbocycles. The molecule has 1 amide bonds. The zero-order valence-electron chi connectivity index (χ0n) is 16.9. The van der Waals surface area contributed by atoms with Crippen molar-refractivity contribution < 1.29 is 18.7 Å². The molecule has 0 atom stereocenters. The van der Waals surface area contributed by atoms with Crippen LogP contribution in [0.5, 0.6) is 11.5 Å². The second kappa shape index (κ2) is 10.1. The number of amides is 1. The maximum atomic E-state index is 13.8. The van der Waals surface area contributed by atoms with E-state index in [1.807, 2.05) is 17.0 Å². The minimum Gasteiger partial charge on any atom is -0.497 e. The van der Waals surface area contributed by atoms with Gasteiger partial charge in [0.2, 0.25) is 5.91 Å². The molecule has 29 heavy (non-hydrogen) atoms. The van der Waals surface area contributed by atoms with Gasteiger partial charge in [0.1, 0.15) is 5.75 Å². The Balaban J connectivity index is 1.54. The Morgan fingerprint density at radius 3 is 2.52 bits per heavy atom. The predicted octanol–water partition coefficient (Wildman–Crippen LogP) is 3.59. The number of carbonyl (C=O) groups is 1. The SMILES string of the molecule is COc1ccc(CN2CCCN(C(=O)/C=C/c3ccc(OC)c(F)c3)CC2)cc1. The average molecular weight is 398 g/mol. The summed E-state index contributed by atoms with van der Waals surface area (Å²) >= 11 is 0. The van der Waals surface area contributed by atoms with Crippen molar-refractivity contribution in [2.75, 3.05) is 40.4 Å². The Kier molecular flexibility index (Phi) is 7.25. The zero-order chi connectivity index (χ0) is 20.6. The molecule has 0 aliphatic carbocycles. The number of hydrogen-bond acceptors (Lipinski definition) is 4. The van der Waals surface area contributed by atoms with Crippen LogP contribution in [0.4, 0.5) is 4.39 Å². The van der Waals surface area contributed by atoms with Crippen LogP contribution in [0.25, 0.3) is 6.08 Å². The van der Waals surface area contributed by atoms with Crippen molar-refractivity contribution in [3.05, 3.63) is 65.5 Å². The number of halogens is 1. The highest BCUT2D eigenvalue weighted by molar-refractivity contribution is 5.91. The van der Waals surface area contributed by atoms with Crippen LogP contribution in [0.3, 0.4) is 0 Å². The first-order valence-corrected chi connectivity index (χ1v) is 9.75. The molecule has 154 valence electrons. The number of carbonyl (C=O) groups excluding carboxylic acids is 1. The van der Waals surface area contributed by atoms with Crippen molar-refractivity contribution >= 4 is 12.0 Å². The fourth-order valence-corrected chi connectivity index (χ4v) is 3.40. The van der Waals surface area contributed by atoms with Gasteiger partial charge in [-0.05, 0) is 47.9 Å². The second-order valence-corrected chi connectivity index (χ2v) is 7.03. The van der Waals surface area contributed by atoms with E-state index in [2.05, 4.69) is 17.0 Å². The normalized spacial score (nSPS) is 15.3. The fourth-order valence-electron chi connectivity index (χ4n) is 3.40. The molecule has 1 heterocycles. The first-order valence-electron chi connectivity index (χ1n) is 9.75. The lowest BCUT2D eigenvalue weighted by atomic mass is 10.2. The van der Waals surface area contributed by atoms with E-state index in [9.17, 15) is 9.18 Å². The van der Waals surface area contributed by atoms with Crippen LogP contribution in [0.15, 0.2) is 48.5 Å². The number of benzene rings is 2. The Morgan fingerprint density at radius 1 is 1.03 bits per heavy atom. The summed E-state index contributed by atoms with van der Waals surface area (Å²) in [6.07, 6.45) is 4.08. The first-order chi connectivity index (χ1) is 14.1. The lowest BCUT2D eigenvalue weighted by Crippen LogP contribution is -2.34. The van der Waals surface area contributed by atoms with E-state index < -0.39 is 5.82 Å². The predicted molar refractivity (Wildman–Crippen MR) is 111 cm³/mol. The van der Waals surface area contributed by atoms with Crippen molar-refractivity contribution in [1.82, 2.24) is 9.80 Å². The summed E-state index contributed by atoms with van der Waals surface area (Å²) in [6.45, 7) is 4.02. The molecule has 0 saturated carbocycles. The third-order valence-corrected chi connectivity index (χ3v) is 5.06. The lowest BCUT2D eigenvalue weighted by Gasteiger charge is -2.21. The molecule has 1 fully saturated rings. The molecule has 0 N–H and O–H groups in total. The summed E-state index contributed by atoms with van der Waals surface area (Å²) in [5.74, 6) is 0.557. The van der Waals surface area contributed by atoms with Gasteiger partial charge in [-0.3, -0.25) is 9.69 Å². The summed E-state index contributed by atoms with van der Waals surface area (Å²) in [7, 11) is 3.09. The third kappa shape index (κ3) is 5.81. The van der Waals surface area contributed by atoms with Gasteiger partial charge < -0.3 is 14.4 Å². The van der Waals surface area contributed by atoms with Crippen molar-refractivity contribution in [2.24, 2.45) is 0 Å². The maximum absolute atomic E-state index is 13.8. The molecule has 1 aliphatic heterocycles. The Hall–Kier alpha value is -2.86. The van der Waals surface area contributed by atoms with Crippen molar-refractivity contribution in [2.45, 2.75) is 13.0 Å². The average Bonchev–Trinajstić information content (AvgIpc) is 2.98. The molecule has 0 radical (unpaired) electrons. The Morgan fingerprint density at radius 2 is 1.83 bits per heavy atom. The molecule has 0 unspecified atom stereocenters. The number of methoxy groups -OCH3 is 2. The molecule has 3 rings (SSSR count). The van der Waals surface area contributed by atoms with Gasteiger partial charge in [0, 0.05) is 38.8 Å². The topological polar surface area (TPSA) is 42.0 Å². The molecule has 2 aromatic rings. The summed E-state index contributed by atoms with van der Waals surface area (Å²) < 4.78 is 23.9. The molecule has 6 heteroatoms. The summed E-state index contributed by atoms with van der Waals surface area (Å²) in [4.78, 5) is 16.8. The van der Waals surface area contributed by atoms with Crippen LogP contribution in [0, 0.1) is 5.82 Å². The second-order valence-electron chi connectivity index (χ2n) is 7.03. The van der Waals surface area contributed by atoms with E-state index in [1.165, 1.54) is 24.8 Å². The van der Waals surface area contributed by atoms with E-state index in [0.717, 1.165) is 38.3 Å². The largest absolute Gasteiger partial charge is 0.497 e. The van der Waals surface area contributed by atoms with Crippen LogP contribution in [-0.4, -0.2) is 56.1 Å². The van der Waals surface area contributed by atoms with E-state index in [1.54, 1.807) is 25.3 Å². The molecule has 0 aromatic heterocycles. The molecule has 5 nitrogen and oxygen atoms in total. The van der Waals surface area contributed by atoms with Gasteiger partial charge >= 0.3 is 0 Å². The zero-order valence-corrected chi connectivity index (χ0v) is 16.9. The van der Waals surface area contributed by atoms with Gasteiger partial charge in [-0.2, -0.15) is 0 Å². The van der Waals surface area contributed by atoms with Gasteiger partial charge in [-0.25, -0.2) is 4.39 Å².